The normalized spacial score (nSPS) is 11.5. The maximum Gasteiger partial charge on any atom is 0.0495 e. The molecular formula is C95H62N3Y3-3. The Balaban J connectivity index is 0.000000116. The van der Waals surface area contributed by atoms with E-state index in [1.165, 1.54) is 196 Å². The Kier molecular flexibility index (Phi) is 17.9. The minimum Gasteiger partial charge on any atom is -0.344 e. The van der Waals surface area contributed by atoms with Crippen LogP contribution in [0.3, 0.4) is 0 Å². The number of rotatable bonds is 4. The number of hydrogen-bond donors (Lipinski definition) is 0. The van der Waals surface area contributed by atoms with Crippen molar-refractivity contribution in [1.82, 2.24) is 13.7 Å². The zero-order chi connectivity index (χ0) is 65.1. The van der Waals surface area contributed by atoms with Crippen LogP contribution < -0.4 is 0 Å². The van der Waals surface area contributed by atoms with Gasteiger partial charge >= 0.3 is 0 Å². The average Bonchev–Trinajstić information content (AvgIpc) is 1.63. The first kappa shape index (κ1) is 66.3. The summed E-state index contributed by atoms with van der Waals surface area (Å²) in [6.07, 6.45) is 0. The summed E-state index contributed by atoms with van der Waals surface area (Å²) in [6, 6.07) is 126. The molecule has 3 heterocycles. The third-order valence-electron chi connectivity index (χ3n) is 21.0. The number of aromatic nitrogens is 3. The van der Waals surface area contributed by atoms with Crippen molar-refractivity contribution < 1.29 is 98.1 Å². The molecule has 0 aliphatic carbocycles. The summed E-state index contributed by atoms with van der Waals surface area (Å²) < 4.78 is 6.93. The molecule has 0 aliphatic heterocycles. The van der Waals surface area contributed by atoms with Crippen molar-refractivity contribution in [3.8, 4) is 44.5 Å². The monoisotopic (exact) mass is 1510 g/mol. The molecule has 0 N–H and O–H groups in total. The Morgan fingerprint density at radius 1 is 0.198 bits per heavy atom. The van der Waals surface area contributed by atoms with Gasteiger partial charge in [0.15, 0.2) is 0 Å². The van der Waals surface area contributed by atoms with Gasteiger partial charge in [-0.25, -0.2) is 0 Å². The second-order valence-electron chi connectivity index (χ2n) is 26.2. The molecule has 18 aromatic carbocycles. The fourth-order valence-corrected chi connectivity index (χ4v) is 16.0. The first-order chi connectivity index (χ1) is 48.3. The van der Waals surface area contributed by atoms with Crippen LogP contribution in [-0.2, 0) is 119 Å². The van der Waals surface area contributed by atoms with E-state index in [0.29, 0.717) is 0 Å². The van der Waals surface area contributed by atoms with Gasteiger partial charge in [0, 0.05) is 185 Å². The molecule has 21 aromatic rings. The Morgan fingerprint density at radius 2 is 0.535 bits per heavy atom. The van der Waals surface area contributed by atoms with Crippen molar-refractivity contribution >= 4 is 152 Å². The molecule has 0 unspecified atom stereocenters. The predicted octanol–water partition coefficient (Wildman–Crippen LogP) is 25.3. The third-order valence-corrected chi connectivity index (χ3v) is 21.0. The Morgan fingerprint density at radius 3 is 1.08 bits per heavy atom. The summed E-state index contributed by atoms with van der Waals surface area (Å²) >= 11 is 0. The van der Waals surface area contributed by atoms with Crippen molar-refractivity contribution in [3.63, 3.8) is 0 Å². The molecule has 6 heteroatoms. The van der Waals surface area contributed by atoms with Crippen LogP contribution in [0.4, 0.5) is 0 Å². The maximum atomic E-state index is 3.25. The second-order valence-corrected chi connectivity index (χ2v) is 26.2. The molecule has 3 radical (unpaired) electrons. The fraction of sp³-hybridized carbons (Fsp3) is 0.0316. The van der Waals surface area contributed by atoms with Gasteiger partial charge in [-0.05, 0) is 159 Å². The van der Waals surface area contributed by atoms with Gasteiger partial charge in [-0.3, -0.25) is 0 Å². The van der Waals surface area contributed by atoms with Crippen molar-refractivity contribution in [2.24, 2.45) is 21.1 Å². The quantitative estimate of drug-likeness (QED) is 0.123. The zero-order valence-corrected chi connectivity index (χ0v) is 64.7. The van der Waals surface area contributed by atoms with E-state index in [-0.39, 0.29) is 98.1 Å². The number of hydrogen-bond acceptors (Lipinski definition) is 0. The summed E-state index contributed by atoms with van der Waals surface area (Å²) in [5.74, 6) is 0. The predicted molar refractivity (Wildman–Crippen MR) is 420 cm³/mol. The van der Waals surface area contributed by atoms with Gasteiger partial charge in [0.05, 0.1) is 0 Å². The summed E-state index contributed by atoms with van der Waals surface area (Å²) in [4.78, 5) is 0. The van der Waals surface area contributed by atoms with E-state index in [9.17, 15) is 0 Å². The maximum absolute atomic E-state index is 3.25. The zero-order valence-electron chi connectivity index (χ0n) is 56.2. The first-order valence-electron chi connectivity index (χ1n) is 33.7. The Hall–Kier alpha value is -9.25. The van der Waals surface area contributed by atoms with Gasteiger partial charge < -0.3 is 13.7 Å². The van der Waals surface area contributed by atoms with Crippen LogP contribution >= 0.6 is 0 Å². The van der Waals surface area contributed by atoms with Gasteiger partial charge in [-0.15, -0.1) is 50.5 Å². The topological polar surface area (TPSA) is 14.8 Å². The summed E-state index contributed by atoms with van der Waals surface area (Å²) in [5, 5.41) is 28.3. The molecule has 0 saturated heterocycles. The molecule has 0 aliphatic rings. The van der Waals surface area contributed by atoms with Gasteiger partial charge in [0.25, 0.3) is 0 Å². The number of aryl methyl sites for hydroxylation is 3. The van der Waals surface area contributed by atoms with Crippen LogP contribution in [0.5, 0.6) is 0 Å². The van der Waals surface area contributed by atoms with E-state index < -0.39 is 0 Å². The molecule has 0 fully saturated rings. The van der Waals surface area contributed by atoms with Gasteiger partial charge in [0.2, 0.25) is 0 Å². The van der Waals surface area contributed by atoms with E-state index in [2.05, 4.69) is 350 Å². The fourth-order valence-electron chi connectivity index (χ4n) is 16.0. The van der Waals surface area contributed by atoms with Crippen LogP contribution in [0.1, 0.15) is 0 Å². The van der Waals surface area contributed by atoms with E-state index in [0.717, 1.165) is 0 Å². The molecule has 101 heavy (non-hydrogen) atoms. The van der Waals surface area contributed by atoms with Crippen LogP contribution in [0.15, 0.2) is 322 Å². The molecule has 0 bridgehead atoms. The van der Waals surface area contributed by atoms with Crippen molar-refractivity contribution in [3.05, 3.63) is 340 Å². The molecule has 21 rings (SSSR count). The molecule has 3 aromatic heterocycles. The molecular weight excluding hydrogens is 1450 g/mol. The average molecular weight is 1510 g/mol. The molecule has 469 valence electrons. The summed E-state index contributed by atoms with van der Waals surface area (Å²) in [6.45, 7) is 0. The smallest absolute Gasteiger partial charge is 0.0495 e. The standard InChI is InChI=1S/C33H22N.2C31H20N.3Y/c1-34-31-18-17-28(21-30(31)33-29-9-5-4-7-25(29)16-19-32(33)34)24-12-10-23(11-13-24)27-15-14-22-6-2-3-8-26(22)20-27;1-32-29-16-15-22(19-28(29)31-24-11-5-2-8-20(24)14-17-30(31)32)27-18-21-9-3-4-10-23(21)25-12-6-7-13-26(25)27;1-32-29-16-14-23(19-28(29)31-27-9-5-3-7-21(27)13-17-30(31)32)22-12-15-26-24(18-22)11-10-20-6-2-4-8-25(20)26;;;/h3-21H,1H3;2,4-19H,1H3;3-19H,1H3;;;/q3*-1;;;. The molecule has 0 spiro atoms. The Labute approximate surface area is 661 Å². The van der Waals surface area contributed by atoms with Gasteiger partial charge in [-0.1, -0.05) is 188 Å². The summed E-state index contributed by atoms with van der Waals surface area (Å²) in [7, 11) is 6.49. The number of fused-ring (bicyclic) bond motifs is 22. The summed E-state index contributed by atoms with van der Waals surface area (Å²) in [5.41, 5.74) is 17.6. The number of benzene rings is 18. The van der Waals surface area contributed by atoms with E-state index in [4.69, 9.17) is 0 Å². The van der Waals surface area contributed by atoms with Crippen LogP contribution in [-0.4, -0.2) is 13.7 Å². The van der Waals surface area contributed by atoms with E-state index >= 15 is 0 Å². The van der Waals surface area contributed by atoms with Crippen LogP contribution in [0, 0.1) is 18.2 Å². The van der Waals surface area contributed by atoms with Crippen molar-refractivity contribution in [1.29, 1.82) is 0 Å². The van der Waals surface area contributed by atoms with Crippen molar-refractivity contribution in [2.75, 3.05) is 0 Å². The third kappa shape index (κ3) is 11.4. The van der Waals surface area contributed by atoms with Gasteiger partial charge in [-0.2, -0.15) is 72.8 Å². The van der Waals surface area contributed by atoms with E-state index in [1.807, 2.05) is 24.3 Å². The minimum atomic E-state index is 0. The second kappa shape index (κ2) is 27.3. The SMILES string of the molecule is Cn1c2ccc(-c3cc4c[c-]ccc4c4ccccc34)cc2c2c3ccccc3ccc21.Cn1c2ccc(-c3ccc(-c4ccc5c[c-]ccc5c4)cc3)cc2c2c3ccccc3ccc21.Cn1c2ccc(-c3ccc4c(ccc5c[c-]ccc54)c3)cc2c2c3ccccc3ccc21.[Y].[Y].[Y]. The molecule has 3 nitrogen and oxygen atoms in total. The van der Waals surface area contributed by atoms with Crippen molar-refractivity contribution in [2.45, 2.75) is 0 Å². The van der Waals surface area contributed by atoms with Crippen LogP contribution in [0.2, 0.25) is 0 Å². The number of nitrogens with zero attached hydrogens (tertiary/aromatic N) is 3. The van der Waals surface area contributed by atoms with E-state index in [1.54, 1.807) is 0 Å². The molecule has 0 amide bonds. The van der Waals surface area contributed by atoms with Crippen LogP contribution in [0.25, 0.3) is 196 Å². The molecule has 0 saturated carbocycles. The Bertz CT molecular complexity index is 6850. The van der Waals surface area contributed by atoms with Gasteiger partial charge in [0.1, 0.15) is 0 Å². The first-order valence-corrected chi connectivity index (χ1v) is 33.7. The minimum absolute atomic E-state index is 0. The largest absolute Gasteiger partial charge is 0.344 e. The molecule has 0 atom stereocenters.